The second-order valence-corrected chi connectivity index (χ2v) is 6.93. The quantitative estimate of drug-likeness (QED) is 0.493. The molecule has 0 fully saturated rings. The summed E-state index contributed by atoms with van der Waals surface area (Å²) in [7, 11) is -4.54. The fraction of sp³-hybridized carbons (Fsp3) is 0.0556. The Kier molecular flexibility index (Phi) is 6.10. The smallest absolute Gasteiger partial charge is 0.744 e. The molecule has 3 rings (SSSR count). The summed E-state index contributed by atoms with van der Waals surface area (Å²) in [5.74, 6) is -0.654. The molecule has 6 nitrogen and oxygen atoms in total. The Morgan fingerprint density at radius 3 is 2.31 bits per heavy atom. The zero-order chi connectivity index (χ0) is 18.2. The van der Waals surface area contributed by atoms with Crippen molar-refractivity contribution in [3.63, 3.8) is 0 Å². The number of carbonyl (C=O) groups excluding carboxylic acids is 1. The van der Waals surface area contributed by atoms with E-state index in [0.29, 0.717) is 11.3 Å². The van der Waals surface area contributed by atoms with E-state index >= 15 is 0 Å². The van der Waals surface area contributed by atoms with Gasteiger partial charge in [-0.05, 0) is 53.6 Å². The SMILES string of the molecule is Cc1c(O)c(C(=O)Nc2ccc(S(=O)(=O)[O-])cc2)cc2ccccc12.[Na+]. The minimum atomic E-state index is -4.54. The van der Waals surface area contributed by atoms with Gasteiger partial charge in [0, 0.05) is 5.69 Å². The number of aromatic hydroxyl groups is 1. The molecule has 0 aliphatic carbocycles. The predicted octanol–water partition coefficient (Wildman–Crippen LogP) is 0.0142. The summed E-state index contributed by atoms with van der Waals surface area (Å²) in [4.78, 5) is 12.1. The average molecular weight is 379 g/mol. The number of hydrogen-bond donors (Lipinski definition) is 2. The van der Waals surface area contributed by atoms with Gasteiger partial charge < -0.3 is 15.0 Å². The number of fused-ring (bicyclic) bond motifs is 1. The van der Waals surface area contributed by atoms with Crippen molar-refractivity contribution in [2.75, 3.05) is 5.32 Å². The molecule has 0 aliphatic rings. The summed E-state index contributed by atoms with van der Waals surface area (Å²) in [6, 6.07) is 13.8. The number of benzene rings is 3. The Hall–Kier alpha value is -1.90. The third kappa shape index (κ3) is 4.08. The Labute approximate surface area is 172 Å². The molecule has 128 valence electrons. The number of hydrogen-bond acceptors (Lipinski definition) is 5. The zero-order valence-corrected chi connectivity index (χ0v) is 17.0. The molecule has 3 aromatic rings. The van der Waals surface area contributed by atoms with Crippen LogP contribution < -0.4 is 34.9 Å². The van der Waals surface area contributed by atoms with Gasteiger partial charge in [-0.2, -0.15) is 0 Å². The molecule has 0 radical (unpaired) electrons. The maximum atomic E-state index is 12.5. The largest absolute Gasteiger partial charge is 1.00 e. The molecule has 0 spiro atoms. The van der Waals surface area contributed by atoms with E-state index in [1.165, 1.54) is 12.1 Å². The van der Waals surface area contributed by atoms with Crippen LogP contribution in [0.4, 0.5) is 5.69 Å². The number of amides is 1. The van der Waals surface area contributed by atoms with Gasteiger partial charge in [-0.1, -0.05) is 24.3 Å². The number of carbonyl (C=O) groups is 1. The summed E-state index contributed by atoms with van der Waals surface area (Å²) in [5.41, 5.74) is 1.01. The van der Waals surface area contributed by atoms with Crippen molar-refractivity contribution in [2.45, 2.75) is 11.8 Å². The molecule has 2 N–H and O–H groups in total. The van der Waals surface area contributed by atoms with Crippen LogP contribution in [0.5, 0.6) is 5.75 Å². The molecule has 0 heterocycles. The van der Waals surface area contributed by atoms with Crippen LogP contribution in [-0.2, 0) is 10.1 Å². The van der Waals surface area contributed by atoms with E-state index in [1.54, 1.807) is 13.0 Å². The predicted molar refractivity (Wildman–Crippen MR) is 92.7 cm³/mol. The van der Waals surface area contributed by atoms with Crippen molar-refractivity contribution >= 4 is 32.5 Å². The van der Waals surface area contributed by atoms with E-state index < -0.39 is 16.0 Å². The summed E-state index contributed by atoms with van der Waals surface area (Å²) in [5, 5.41) is 14.6. The van der Waals surface area contributed by atoms with Gasteiger partial charge in [-0.3, -0.25) is 4.79 Å². The first-order valence-electron chi connectivity index (χ1n) is 7.36. The van der Waals surface area contributed by atoms with Crippen molar-refractivity contribution < 1.29 is 52.4 Å². The number of nitrogens with one attached hydrogen (secondary N) is 1. The van der Waals surface area contributed by atoms with E-state index in [-0.39, 0.29) is 45.8 Å². The monoisotopic (exact) mass is 379 g/mol. The van der Waals surface area contributed by atoms with Crippen LogP contribution in [0.2, 0.25) is 0 Å². The van der Waals surface area contributed by atoms with Crippen molar-refractivity contribution in [3.05, 3.63) is 65.7 Å². The fourth-order valence-electron chi connectivity index (χ4n) is 2.59. The Balaban J connectivity index is 0.00000243. The summed E-state index contributed by atoms with van der Waals surface area (Å²) >= 11 is 0. The second kappa shape index (κ2) is 7.77. The molecule has 26 heavy (non-hydrogen) atoms. The minimum Gasteiger partial charge on any atom is -0.744 e. The molecule has 0 saturated carbocycles. The summed E-state index contributed by atoms with van der Waals surface area (Å²) in [6.07, 6.45) is 0. The number of anilines is 1. The number of aryl methyl sites for hydroxylation is 1. The Bertz CT molecular complexity index is 1080. The van der Waals surface area contributed by atoms with Crippen LogP contribution in [0.15, 0.2) is 59.5 Å². The fourth-order valence-corrected chi connectivity index (χ4v) is 3.06. The standard InChI is InChI=1S/C18H15NO5S.Na/c1-11-15-5-3-2-4-12(15)10-16(17(11)20)18(21)19-13-6-8-14(9-7-13)25(22,23)24;/h2-10,20H,1H3,(H,19,21)(H,22,23,24);/q;+1/p-1. The molecule has 0 saturated heterocycles. The van der Waals surface area contributed by atoms with Crippen LogP contribution in [0.3, 0.4) is 0 Å². The first-order valence-corrected chi connectivity index (χ1v) is 8.77. The van der Waals surface area contributed by atoms with Gasteiger partial charge in [0.25, 0.3) is 5.91 Å². The number of phenols is 1. The van der Waals surface area contributed by atoms with Gasteiger partial charge in [0.1, 0.15) is 15.9 Å². The van der Waals surface area contributed by atoms with Crippen LogP contribution >= 0.6 is 0 Å². The normalized spacial score (nSPS) is 11.0. The molecule has 0 unspecified atom stereocenters. The second-order valence-electron chi connectivity index (χ2n) is 5.55. The van der Waals surface area contributed by atoms with Gasteiger partial charge in [-0.15, -0.1) is 0 Å². The topological polar surface area (TPSA) is 107 Å². The van der Waals surface area contributed by atoms with E-state index in [4.69, 9.17) is 0 Å². The molecule has 3 aromatic carbocycles. The van der Waals surface area contributed by atoms with Crippen molar-refractivity contribution in [1.29, 1.82) is 0 Å². The Morgan fingerprint density at radius 1 is 1.08 bits per heavy atom. The summed E-state index contributed by atoms with van der Waals surface area (Å²) in [6.45, 7) is 1.72. The van der Waals surface area contributed by atoms with E-state index in [0.717, 1.165) is 22.9 Å². The molecule has 1 amide bonds. The first-order chi connectivity index (χ1) is 11.8. The summed E-state index contributed by atoms with van der Waals surface area (Å²) < 4.78 is 32.8. The van der Waals surface area contributed by atoms with Crippen LogP contribution in [0, 0.1) is 6.92 Å². The maximum Gasteiger partial charge on any atom is 1.00 e. The Morgan fingerprint density at radius 2 is 1.69 bits per heavy atom. The van der Waals surface area contributed by atoms with Gasteiger partial charge in [0.15, 0.2) is 0 Å². The van der Waals surface area contributed by atoms with Crippen molar-refractivity contribution in [3.8, 4) is 5.75 Å². The molecule has 0 atom stereocenters. The van der Waals surface area contributed by atoms with Gasteiger partial charge in [-0.25, -0.2) is 8.42 Å². The molecule has 8 heteroatoms. The maximum absolute atomic E-state index is 12.5. The number of rotatable bonds is 3. The molecular formula is C18H14NNaO5S. The number of phenolic OH excluding ortho intramolecular Hbond substituents is 1. The molecular weight excluding hydrogens is 365 g/mol. The van der Waals surface area contributed by atoms with Crippen LogP contribution in [-0.4, -0.2) is 24.0 Å². The zero-order valence-electron chi connectivity index (χ0n) is 14.2. The molecule has 0 aromatic heterocycles. The first kappa shape index (κ1) is 20.4. The minimum absolute atomic E-state index is 0. The third-order valence-corrected chi connectivity index (χ3v) is 4.77. The van der Waals surface area contributed by atoms with Crippen molar-refractivity contribution in [1.82, 2.24) is 0 Å². The average Bonchev–Trinajstić information content (AvgIpc) is 2.57. The van der Waals surface area contributed by atoms with E-state index in [1.807, 2.05) is 24.3 Å². The van der Waals surface area contributed by atoms with Crippen LogP contribution in [0.1, 0.15) is 15.9 Å². The van der Waals surface area contributed by atoms with E-state index in [9.17, 15) is 22.9 Å². The van der Waals surface area contributed by atoms with Gasteiger partial charge in [0.2, 0.25) is 0 Å². The third-order valence-electron chi connectivity index (χ3n) is 3.92. The molecule has 0 aliphatic heterocycles. The van der Waals surface area contributed by atoms with Gasteiger partial charge in [0.05, 0.1) is 10.5 Å². The van der Waals surface area contributed by atoms with E-state index in [2.05, 4.69) is 5.32 Å². The van der Waals surface area contributed by atoms with Crippen LogP contribution in [0.25, 0.3) is 10.8 Å². The van der Waals surface area contributed by atoms with Gasteiger partial charge >= 0.3 is 29.6 Å². The molecule has 0 bridgehead atoms. The van der Waals surface area contributed by atoms with Crippen molar-refractivity contribution in [2.24, 2.45) is 0 Å².